The van der Waals surface area contributed by atoms with Gasteiger partial charge in [0, 0.05) is 24.1 Å². The summed E-state index contributed by atoms with van der Waals surface area (Å²) in [5.41, 5.74) is 1.13. The van der Waals surface area contributed by atoms with E-state index in [0.717, 1.165) is 36.3 Å². The number of aromatic nitrogens is 2. The molecule has 7 nitrogen and oxygen atoms in total. The summed E-state index contributed by atoms with van der Waals surface area (Å²) >= 11 is 5.71. The Balaban J connectivity index is 1.23. The molecule has 4 saturated carbocycles. The highest BCUT2D eigenvalue weighted by Crippen LogP contribution is 2.61. The molecular weight excluding hydrogens is 466 g/mol. The van der Waals surface area contributed by atoms with Crippen molar-refractivity contribution in [1.29, 1.82) is 0 Å². The van der Waals surface area contributed by atoms with Gasteiger partial charge < -0.3 is 10.6 Å². The molecule has 1 atom stereocenters. The second-order valence-electron chi connectivity index (χ2n) is 10.4. The average molecular weight is 500 g/mol. The molecule has 182 valence electrons. The fraction of sp³-hybridized carbons (Fsp3) is 0.560. The molecule has 1 unspecified atom stereocenters. The van der Waals surface area contributed by atoms with Gasteiger partial charge in [0.25, 0.3) is 10.0 Å². The summed E-state index contributed by atoms with van der Waals surface area (Å²) in [4.78, 5) is 7.97. The Kier molecular flexibility index (Phi) is 6.50. The molecule has 4 aliphatic carbocycles. The first-order valence-electron chi connectivity index (χ1n) is 12.3. The Hall–Kier alpha value is -2.26. The van der Waals surface area contributed by atoms with Gasteiger partial charge in [0.15, 0.2) is 5.11 Å². The number of thiocarbonyl (C=S) groups is 1. The second kappa shape index (κ2) is 9.41. The number of hydrogen-bond donors (Lipinski definition) is 3. The third-order valence-electron chi connectivity index (χ3n) is 7.92. The molecule has 1 aromatic heterocycles. The zero-order valence-electron chi connectivity index (χ0n) is 19.5. The summed E-state index contributed by atoms with van der Waals surface area (Å²) in [6.45, 7) is 2.25. The minimum absolute atomic E-state index is 0.0433. The lowest BCUT2D eigenvalue weighted by atomic mass is 9.47. The lowest BCUT2D eigenvalue weighted by Crippen LogP contribution is -2.57. The minimum atomic E-state index is -3.76. The van der Waals surface area contributed by atoms with E-state index in [1.165, 1.54) is 50.9 Å². The van der Waals surface area contributed by atoms with E-state index in [9.17, 15) is 8.42 Å². The molecule has 0 saturated heterocycles. The van der Waals surface area contributed by atoms with Crippen molar-refractivity contribution in [1.82, 2.24) is 15.3 Å². The van der Waals surface area contributed by atoms with Gasteiger partial charge in [-0.25, -0.2) is 23.1 Å². The van der Waals surface area contributed by atoms with E-state index in [0.29, 0.717) is 16.6 Å². The van der Waals surface area contributed by atoms with Crippen molar-refractivity contribution in [2.75, 3.05) is 10.0 Å². The number of nitrogens with one attached hydrogen (secondary N) is 3. The zero-order valence-corrected chi connectivity index (χ0v) is 21.2. The minimum Gasteiger partial charge on any atom is -0.359 e. The highest BCUT2D eigenvalue weighted by molar-refractivity contribution is 7.92. The van der Waals surface area contributed by atoms with Crippen LogP contribution in [0.3, 0.4) is 0 Å². The Morgan fingerprint density at radius 2 is 1.65 bits per heavy atom. The van der Waals surface area contributed by atoms with Crippen LogP contribution in [0.1, 0.15) is 58.3 Å². The number of hydrogen-bond acceptors (Lipinski definition) is 5. The number of sulfonamides is 1. The quantitative estimate of drug-likeness (QED) is 0.442. The molecule has 4 bridgehead atoms. The van der Waals surface area contributed by atoms with Crippen molar-refractivity contribution in [3.05, 3.63) is 42.7 Å². The van der Waals surface area contributed by atoms with Crippen LogP contribution in [0.25, 0.3) is 0 Å². The van der Waals surface area contributed by atoms with Gasteiger partial charge in [-0.2, -0.15) is 0 Å². The maximum absolute atomic E-state index is 12.6. The van der Waals surface area contributed by atoms with Crippen molar-refractivity contribution in [2.45, 2.75) is 69.2 Å². The van der Waals surface area contributed by atoms with Gasteiger partial charge in [-0.1, -0.05) is 13.3 Å². The summed E-state index contributed by atoms with van der Waals surface area (Å²) < 4.78 is 27.6. The van der Waals surface area contributed by atoms with Crippen LogP contribution in [-0.4, -0.2) is 29.5 Å². The maximum atomic E-state index is 12.6. The van der Waals surface area contributed by atoms with Crippen molar-refractivity contribution >= 4 is 39.0 Å². The van der Waals surface area contributed by atoms with E-state index in [1.54, 1.807) is 30.3 Å². The van der Waals surface area contributed by atoms with Crippen LogP contribution in [0.15, 0.2) is 47.6 Å². The van der Waals surface area contributed by atoms with Gasteiger partial charge in [-0.15, -0.1) is 0 Å². The molecule has 1 heterocycles. The summed E-state index contributed by atoms with van der Waals surface area (Å²) in [7, 11) is -3.76. The van der Waals surface area contributed by atoms with E-state index in [-0.39, 0.29) is 10.8 Å². The predicted octanol–water partition coefficient (Wildman–Crippen LogP) is 4.95. The molecule has 0 aliphatic heterocycles. The molecule has 4 aliphatic rings. The summed E-state index contributed by atoms with van der Waals surface area (Å²) in [5.74, 6) is 2.75. The Labute approximate surface area is 207 Å². The molecule has 0 amide bonds. The van der Waals surface area contributed by atoms with Gasteiger partial charge in [0.05, 0.1) is 4.90 Å². The Bertz CT molecular complexity index is 1090. The van der Waals surface area contributed by atoms with E-state index >= 15 is 0 Å². The van der Waals surface area contributed by atoms with Crippen molar-refractivity contribution in [3.63, 3.8) is 0 Å². The van der Waals surface area contributed by atoms with Crippen molar-refractivity contribution in [3.8, 4) is 0 Å². The first kappa shape index (κ1) is 23.5. The van der Waals surface area contributed by atoms with E-state index in [2.05, 4.69) is 32.2 Å². The van der Waals surface area contributed by atoms with Crippen LogP contribution >= 0.6 is 12.2 Å². The number of anilines is 2. The standard InChI is InChI=1S/C25H33N5O2S2/c1-2-4-22(25-14-17-11-18(15-25)13-19(12-17)16-25)29-24(33)28-20-5-7-21(8-6-20)34(31,32)30-23-26-9-3-10-27-23/h3,5-10,17-19,22H,2,4,11-16H2,1H3,(H,26,27,30)(H2,28,29,33). The molecule has 1 aromatic carbocycles. The Morgan fingerprint density at radius 3 is 2.21 bits per heavy atom. The molecule has 4 fully saturated rings. The predicted molar refractivity (Wildman–Crippen MR) is 138 cm³/mol. The molecule has 2 aromatic rings. The Morgan fingerprint density at radius 1 is 1.06 bits per heavy atom. The van der Waals surface area contributed by atoms with Gasteiger partial charge in [0.2, 0.25) is 5.95 Å². The highest BCUT2D eigenvalue weighted by atomic mass is 32.2. The number of rotatable bonds is 8. The van der Waals surface area contributed by atoms with Crippen molar-refractivity contribution in [2.24, 2.45) is 23.2 Å². The fourth-order valence-electron chi connectivity index (χ4n) is 7.00. The smallest absolute Gasteiger partial charge is 0.264 e. The van der Waals surface area contributed by atoms with E-state index < -0.39 is 10.0 Å². The van der Waals surface area contributed by atoms with Gasteiger partial charge in [0.1, 0.15) is 0 Å². The summed E-state index contributed by atoms with van der Waals surface area (Å²) in [5, 5.41) is 7.56. The van der Waals surface area contributed by atoms with Crippen LogP contribution in [-0.2, 0) is 10.0 Å². The molecule has 34 heavy (non-hydrogen) atoms. The summed E-state index contributed by atoms with van der Waals surface area (Å²) in [6.07, 6.45) is 13.5. The van der Waals surface area contributed by atoms with Crippen LogP contribution in [0, 0.1) is 23.2 Å². The largest absolute Gasteiger partial charge is 0.359 e. The lowest BCUT2D eigenvalue weighted by molar-refractivity contribution is -0.0718. The van der Waals surface area contributed by atoms with Gasteiger partial charge >= 0.3 is 0 Å². The summed E-state index contributed by atoms with van der Waals surface area (Å²) in [6, 6.07) is 8.59. The normalized spacial score (nSPS) is 28.3. The van der Waals surface area contributed by atoms with Crippen molar-refractivity contribution < 1.29 is 8.42 Å². The maximum Gasteiger partial charge on any atom is 0.264 e. The molecule has 6 rings (SSSR count). The lowest BCUT2D eigenvalue weighted by Gasteiger charge is -2.59. The average Bonchev–Trinajstić information content (AvgIpc) is 2.79. The van der Waals surface area contributed by atoms with Gasteiger partial charge in [-0.05, 0) is 111 Å². The van der Waals surface area contributed by atoms with E-state index in [1.807, 2.05) is 0 Å². The third-order valence-corrected chi connectivity index (χ3v) is 9.49. The first-order valence-corrected chi connectivity index (χ1v) is 14.2. The topological polar surface area (TPSA) is 96.0 Å². The van der Waals surface area contributed by atoms with Gasteiger partial charge in [-0.3, -0.25) is 0 Å². The van der Waals surface area contributed by atoms with Crippen LogP contribution in [0.2, 0.25) is 0 Å². The molecular formula is C25H33N5O2S2. The molecule has 0 radical (unpaired) electrons. The third kappa shape index (κ3) is 4.91. The number of nitrogens with zero attached hydrogens (tertiary/aromatic N) is 2. The SMILES string of the molecule is CCCC(NC(=S)Nc1ccc(S(=O)(=O)Nc2ncccn2)cc1)C12CC3CC(CC(C3)C1)C2. The zero-order chi connectivity index (χ0) is 23.8. The van der Waals surface area contributed by atoms with E-state index in [4.69, 9.17) is 12.2 Å². The number of benzene rings is 1. The van der Waals surface area contributed by atoms with Crippen LogP contribution < -0.4 is 15.4 Å². The van der Waals surface area contributed by atoms with Crippen LogP contribution in [0.5, 0.6) is 0 Å². The molecule has 3 N–H and O–H groups in total. The van der Waals surface area contributed by atoms with Crippen LogP contribution in [0.4, 0.5) is 11.6 Å². The first-order chi connectivity index (χ1) is 16.3. The highest BCUT2D eigenvalue weighted by Gasteiger charge is 2.54. The molecule has 0 spiro atoms. The second-order valence-corrected chi connectivity index (χ2v) is 12.5. The molecule has 9 heteroatoms. The fourth-order valence-corrected chi connectivity index (χ4v) is 8.22. The monoisotopic (exact) mass is 499 g/mol.